The number of hydrogen-bond acceptors (Lipinski definition) is 4. The van der Waals surface area contributed by atoms with Gasteiger partial charge in [0, 0.05) is 13.1 Å². The van der Waals surface area contributed by atoms with Crippen molar-refractivity contribution in [1.29, 1.82) is 0 Å². The molecule has 0 amide bonds. The summed E-state index contributed by atoms with van der Waals surface area (Å²) in [4.78, 5) is 21.7. The van der Waals surface area contributed by atoms with Crippen LogP contribution in [0.25, 0.3) is 0 Å². The molecule has 0 saturated carbocycles. The highest BCUT2D eigenvalue weighted by molar-refractivity contribution is 9.08. The Kier molecular flexibility index (Phi) is 4.05. The highest BCUT2D eigenvalue weighted by Crippen LogP contribution is 2.25. The van der Waals surface area contributed by atoms with Crippen LogP contribution in [-0.2, 0) is 17.1 Å². The molecule has 1 aromatic heterocycles. The van der Waals surface area contributed by atoms with Gasteiger partial charge >= 0.3 is 5.97 Å². The van der Waals surface area contributed by atoms with Crippen LogP contribution in [0.2, 0.25) is 0 Å². The molecule has 6 nitrogen and oxygen atoms in total. The molecule has 0 aliphatic heterocycles. The molecule has 1 heterocycles. The summed E-state index contributed by atoms with van der Waals surface area (Å²) in [6, 6.07) is 1.23. The van der Waals surface area contributed by atoms with Crippen molar-refractivity contribution in [1.82, 2.24) is 4.57 Å². The Balaban J connectivity index is 3.22. The maximum absolute atomic E-state index is 11.5. The number of carbonyl (C=O) groups is 1. The van der Waals surface area contributed by atoms with Gasteiger partial charge in [0.15, 0.2) is 0 Å². The lowest BCUT2D eigenvalue weighted by molar-refractivity contribution is -0.385. The maximum atomic E-state index is 11.5. The number of ether oxygens (including phenoxy) is 1. The molecule has 0 radical (unpaired) electrons. The predicted octanol–water partition coefficient (Wildman–Crippen LogP) is 2.00. The molecule has 16 heavy (non-hydrogen) atoms. The number of aromatic nitrogens is 1. The molecule has 0 unspecified atom stereocenters. The van der Waals surface area contributed by atoms with E-state index >= 15 is 0 Å². The van der Waals surface area contributed by atoms with Crippen LogP contribution in [0, 0.1) is 10.1 Å². The van der Waals surface area contributed by atoms with Gasteiger partial charge in [0.1, 0.15) is 11.4 Å². The fraction of sp³-hybridized carbons (Fsp3) is 0.444. The van der Waals surface area contributed by atoms with E-state index in [0.29, 0.717) is 11.0 Å². The molecule has 7 heteroatoms. The van der Waals surface area contributed by atoms with E-state index in [0.717, 1.165) is 0 Å². The van der Waals surface area contributed by atoms with Gasteiger partial charge in [0.05, 0.1) is 16.9 Å². The Hall–Kier alpha value is -1.37. The van der Waals surface area contributed by atoms with Crippen molar-refractivity contribution < 1.29 is 14.5 Å². The van der Waals surface area contributed by atoms with Crippen molar-refractivity contribution in [2.75, 3.05) is 6.61 Å². The fourth-order valence-corrected chi connectivity index (χ4v) is 2.01. The number of nitro groups is 1. The maximum Gasteiger partial charge on any atom is 0.355 e. The molecular formula is C9H11BrN2O4. The molecule has 0 aliphatic carbocycles. The van der Waals surface area contributed by atoms with Crippen LogP contribution in [0.1, 0.15) is 23.1 Å². The van der Waals surface area contributed by atoms with Gasteiger partial charge in [-0.1, -0.05) is 15.9 Å². The Morgan fingerprint density at radius 3 is 2.69 bits per heavy atom. The highest BCUT2D eigenvalue weighted by atomic mass is 79.9. The number of rotatable bonds is 4. The first-order chi connectivity index (χ1) is 7.52. The third kappa shape index (κ3) is 2.24. The Bertz CT molecular complexity index is 427. The lowest BCUT2D eigenvalue weighted by Crippen LogP contribution is -2.10. The summed E-state index contributed by atoms with van der Waals surface area (Å²) in [5.74, 6) is -0.555. The third-order valence-electron chi connectivity index (χ3n) is 2.14. The van der Waals surface area contributed by atoms with E-state index in [1.54, 1.807) is 14.0 Å². The van der Waals surface area contributed by atoms with Crippen molar-refractivity contribution in [3.05, 3.63) is 27.6 Å². The van der Waals surface area contributed by atoms with Crippen molar-refractivity contribution >= 4 is 27.6 Å². The van der Waals surface area contributed by atoms with Gasteiger partial charge < -0.3 is 9.30 Å². The van der Waals surface area contributed by atoms with E-state index in [2.05, 4.69) is 15.9 Å². The summed E-state index contributed by atoms with van der Waals surface area (Å²) in [7, 11) is 1.59. The first-order valence-electron chi connectivity index (χ1n) is 4.59. The number of hydrogen-bond donors (Lipinski definition) is 0. The summed E-state index contributed by atoms with van der Waals surface area (Å²) in [5.41, 5.74) is 0.540. The smallest absolute Gasteiger partial charge is 0.355 e. The molecule has 0 spiro atoms. The van der Waals surface area contributed by atoms with Gasteiger partial charge in [0.25, 0.3) is 5.69 Å². The van der Waals surface area contributed by atoms with Crippen LogP contribution in [0.3, 0.4) is 0 Å². The number of halogens is 1. The minimum absolute atomic E-state index is 0.0811. The van der Waals surface area contributed by atoms with Crippen LogP contribution in [0.15, 0.2) is 6.07 Å². The minimum atomic E-state index is -0.555. The number of alkyl halides is 1. The number of esters is 1. The summed E-state index contributed by atoms with van der Waals surface area (Å²) in [6.45, 7) is 1.92. The summed E-state index contributed by atoms with van der Waals surface area (Å²) in [5, 5.41) is 11.1. The molecule has 1 rings (SSSR count). The van der Waals surface area contributed by atoms with Gasteiger partial charge in [-0.05, 0) is 6.92 Å². The van der Waals surface area contributed by atoms with Gasteiger partial charge in [-0.15, -0.1) is 0 Å². The second kappa shape index (κ2) is 5.11. The molecule has 0 saturated heterocycles. The zero-order valence-electron chi connectivity index (χ0n) is 8.90. The first kappa shape index (κ1) is 12.7. The van der Waals surface area contributed by atoms with Crippen LogP contribution in [-0.4, -0.2) is 22.1 Å². The van der Waals surface area contributed by atoms with E-state index in [4.69, 9.17) is 4.74 Å². The fourth-order valence-electron chi connectivity index (χ4n) is 1.34. The average molecular weight is 291 g/mol. The molecular weight excluding hydrogens is 280 g/mol. The van der Waals surface area contributed by atoms with E-state index in [9.17, 15) is 14.9 Å². The zero-order chi connectivity index (χ0) is 12.3. The second-order valence-electron chi connectivity index (χ2n) is 3.03. The molecule has 0 aromatic carbocycles. The average Bonchev–Trinajstić information content (AvgIpc) is 2.55. The van der Waals surface area contributed by atoms with Crippen LogP contribution in [0.4, 0.5) is 5.69 Å². The third-order valence-corrected chi connectivity index (χ3v) is 2.67. The van der Waals surface area contributed by atoms with Crippen molar-refractivity contribution in [2.24, 2.45) is 7.05 Å². The predicted molar refractivity (Wildman–Crippen MR) is 60.7 cm³/mol. The van der Waals surface area contributed by atoms with E-state index in [1.807, 2.05) is 0 Å². The van der Waals surface area contributed by atoms with Gasteiger partial charge in [-0.2, -0.15) is 0 Å². The summed E-state index contributed by atoms with van der Waals surface area (Å²) in [6.07, 6.45) is 0. The zero-order valence-corrected chi connectivity index (χ0v) is 10.5. The molecule has 0 N–H and O–H groups in total. The van der Waals surface area contributed by atoms with Crippen LogP contribution >= 0.6 is 15.9 Å². The molecule has 0 bridgehead atoms. The van der Waals surface area contributed by atoms with Crippen LogP contribution < -0.4 is 0 Å². The Labute approximate surface area is 100 Å². The van der Waals surface area contributed by atoms with E-state index in [-0.39, 0.29) is 18.0 Å². The van der Waals surface area contributed by atoms with Crippen LogP contribution in [0.5, 0.6) is 0 Å². The largest absolute Gasteiger partial charge is 0.461 e. The van der Waals surface area contributed by atoms with E-state index in [1.165, 1.54) is 10.6 Å². The monoisotopic (exact) mass is 290 g/mol. The lowest BCUT2D eigenvalue weighted by Gasteiger charge is -2.03. The molecule has 0 aliphatic rings. The van der Waals surface area contributed by atoms with Gasteiger partial charge in [-0.25, -0.2) is 4.79 Å². The van der Waals surface area contributed by atoms with Gasteiger partial charge in [-0.3, -0.25) is 10.1 Å². The topological polar surface area (TPSA) is 74.4 Å². The van der Waals surface area contributed by atoms with E-state index < -0.39 is 10.9 Å². The summed E-state index contributed by atoms with van der Waals surface area (Å²) >= 11 is 3.15. The lowest BCUT2D eigenvalue weighted by atomic mass is 10.4. The second-order valence-corrected chi connectivity index (χ2v) is 3.59. The number of carbonyl (C=O) groups excluding carboxylic acids is 1. The van der Waals surface area contributed by atoms with Crippen molar-refractivity contribution in [2.45, 2.75) is 12.3 Å². The Morgan fingerprint density at radius 2 is 2.31 bits per heavy atom. The standard InChI is InChI=1S/C9H11BrN2O4/c1-3-16-9(13)7-4-6(12(14)15)8(5-10)11(7)2/h4H,3,5H2,1-2H3. The first-order valence-corrected chi connectivity index (χ1v) is 5.71. The molecule has 0 fully saturated rings. The summed E-state index contributed by atoms with van der Waals surface area (Å²) < 4.78 is 6.27. The highest BCUT2D eigenvalue weighted by Gasteiger charge is 2.24. The quantitative estimate of drug-likeness (QED) is 0.368. The minimum Gasteiger partial charge on any atom is -0.461 e. The van der Waals surface area contributed by atoms with Crippen molar-refractivity contribution in [3.63, 3.8) is 0 Å². The van der Waals surface area contributed by atoms with Crippen molar-refractivity contribution in [3.8, 4) is 0 Å². The molecule has 1 aromatic rings. The molecule has 0 atom stereocenters. The van der Waals surface area contributed by atoms with Gasteiger partial charge in [0.2, 0.25) is 0 Å². The number of nitrogens with zero attached hydrogens (tertiary/aromatic N) is 2. The normalized spacial score (nSPS) is 10.2. The SMILES string of the molecule is CCOC(=O)c1cc([N+](=O)[O-])c(CBr)n1C. The Morgan fingerprint density at radius 1 is 1.69 bits per heavy atom. The molecule has 88 valence electrons.